The van der Waals surface area contributed by atoms with Crippen LogP contribution < -0.4 is 15.0 Å². The van der Waals surface area contributed by atoms with Crippen LogP contribution in [0.3, 0.4) is 0 Å². The number of methoxy groups -OCH3 is 2. The van der Waals surface area contributed by atoms with Gasteiger partial charge in [-0.3, -0.25) is 9.69 Å². The molecule has 4 aromatic rings. The predicted molar refractivity (Wildman–Crippen MR) is 148 cm³/mol. The largest absolute Gasteiger partial charge is 0.493 e. The molecule has 0 unspecified atom stereocenters. The molecular formula is C29H36N6O4. The Morgan fingerprint density at radius 2 is 1.95 bits per heavy atom. The second kappa shape index (κ2) is 12.0. The maximum atomic E-state index is 13.2. The highest BCUT2D eigenvalue weighted by molar-refractivity contribution is 5.83. The first-order valence-electron chi connectivity index (χ1n) is 13.4. The van der Waals surface area contributed by atoms with Gasteiger partial charge >= 0.3 is 0 Å². The first-order valence-corrected chi connectivity index (χ1v) is 13.4. The monoisotopic (exact) mass is 532 g/mol. The number of pyridine rings is 1. The number of hydrogen-bond donors (Lipinski definition) is 1. The summed E-state index contributed by atoms with van der Waals surface area (Å²) in [6.07, 6.45) is 2.94. The number of nitrogens with zero attached hydrogens (tertiary/aromatic N) is 5. The lowest BCUT2D eigenvalue weighted by atomic mass is 10.0. The van der Waals surface area contributed by atoms with E-state index in [1.807, 2.05) is 35.9 Å². The van der Waals surface area contributed by atoms with E-state index in [0.717, 1.165) is 59.3 Å². The summed E-state index contributed by atoms with van der Waals surface area (Å²) in [7, 11) is 3.26. The van der Waals surface area contributed by atoms with E-state index in [9.17, 15) is 4.79 Å². The van der Waals surface area contributed by atoms with Crippen molar-refractivity contribution < 1.29 is 14.2 Å². The number of aromatic amines is 1. The van der Waals surface area contributed by atoms with Crippen LogP contribution in [0.4, 0.5) is 0 Å². The van der Waals surface area contributed by atoms with Gasteiger partial charge in [0.15, 0.2) is 17.3 Å². The molecule has 10 nitrogen and oxygen atoms in total. The number of rotatable bonds is 11. The number of benzene rings is 2. The molecule has 0 amide bonds. The number of hydrogen-bond acceptors (Lipinski definition) is 8. The Hall–Kier alpha value is -3.76. The number of nitrogens with one attached hydrogen (secondary N) is 1. The van der Waals surface area contributed by atoms with Crippen LogP contribution >= 0.6 is 0 Å². The topological polar surface area (TPSA) is 107 Å². The lowest BCUT2D eigenvalue weighted by molar-refractivity contribution is 0.0916. The average Bonchev–Trinajstić information content (AvgIpc) is 3.62. The molecule has 1 fully saturated rings. The van der Waals surface area contributed by atoms with E-state index in [0.29, 0.717) is 43.2 Å². The Labute approximate surface area is 227 Å². The molecule has 0 bridgehead atoms. The van der Waals surface area contributed by atoms with Crippen molar-refractivity contribution in [3.05, 3.63) is 74.8 Å². The van der Waals surface area contributed by atoms with Gasteiger partial charge in [0.25, 0.3) is 5.56 Å². The first kappa shape index (κ1) is 26.8. The summed E-state index contributed by atoms with van der Waals surface area (Å²) in [5.74, 6) is 2.14. The standard InChI is InChI=1S/C29H36N6O4/c1-19-7-9-22-15-23(29(36)30-28(22)20(19)2)16-34(12-11-21-8-10-25(37-3)26(14-21)38-4)18-27-31-32-33-35(27)17-24-6-5-13-39-24/h7-10,14-15,24H,5-6,11-13,16-18H2,1-4H3,(H,30,36)/t24-/m1/s1. The van der Waals surface area contributed by atoms with Gasteiger partial charge in [0.1, 0.15) is 0 Å². The van der Waals surface area contributed by atoms with Gasteiger partial charge in [0.2, 0.25) is 0 Å². The first-order chi connectivity index (χ1) is 18.9. The van der Waals surface area contributed by atoms with Crippen molar-refractivity contribution in [2.45, 2.75) is 58.8 Å². The number of H-pyrrole nitrogens is 1. The highest BCUT2D eigenvalue weighted by Crippen LogP contribution is 2.28. The third kappa shape index (κ3) is 6.12. The van der Waals surface area contributed by atoms with Crippen molar-refractivity contribution in [1.29, 1.82) is 0 Å². The number of tetrazole rings is 1. The molecule has 1 atom stereocenters. The van der Waals surface area contributed by atoms with E-state index in [1.165, 1.54) is 0 Å². The molecule has 1 aliphatic rings. The van der Waals surface area contributed by atoms with Gasteiger partial charge in [-0.25, -0.2) is 4.68 Å². The van der Waals surface area contributed by atoms with Crippen molar-refractivity contribution in [1.82, 2.24) is 30.1 Å². The Kier molecular flexibility index (Phi) is 8.23. The third-order valence-corrected chi connectivity index (χ3v) is 7.56. The quantitative estimate of drug-likeness (QED) is 0.312. The van der Waals surface area contributed by atoms with Crippen LogP contribution in [-0.4, -0.2) is 63.6 Å². The average molecular weight is 533 g/mol. The van der Waals surface area contributed by atoms with Crippen molar-refractivity contribution in [2.75, 3.05) is 27.4 Å². The van der Waals surface area contributed by atoms with Crippen molar-refractivity contribution in [3.63, 3.8) is 0 Å². The molecule has 1 saturated heterocycles. The zero-order chi connectivity index (χ0) is 27.4. The molecule has 1 N–H and O–H groups in total. The summed E-state index contributed by atoms with van der Waals surface area (Å²) < 4.78 is 18.5. The summed E-state index contributed by atoms with van der Waals surface area (Å²) >= 11 is 0. The Bertz CT molecular complexity index is 1490. The van der Waals surface area contributed by atoms with Gasteiger partial charge in [0.05, 0.1) is 38.9 Å². The molecule has 5 rings (SSSR count). The van der Waals surface area contributed by atoms with Crippen LogP contribution in [0.2, 0.25) is 0 Å². The van der Waals surface area contributed by atoms with Crippen LogP contribution in [-0.2, 0) is 30.8 Å². The van der Waals surface area contributed by atoms with Crippen molar-refractivity contribution in [2.24, 2.45) is 0 Å². The van der Waals surface area contributed by atoms with Gasteiger partial charge in [-0.15, -0.1) is 5.10 Å². The molecule has 0 spiro atoms. The van der Waals surface area contributed by atoms with Crippen LogP contribution in [0, 0.1) is 13.8 Å². The Balaban J connectivity index is 1.40. The fourth-order valence-corrected chi connectivity index (χ4v) is 5.13. The summed E-state index contributed by atoms with van der Waals surface area (Å²) in [4.78, 5) is 18.5. The molecule has 3 heterocycles. The van der Waals surface area contributed by atoms with Gasteiger partial charge < -0.3 is 19.2 Å². The minimum Gasteiger partial charge on any atom is -0.493 e. The highest BCUT2D eigenvalue weighted by atomic mass is 16.5. The third-order valence-electron chi connectivity index (χ3n) is 7.56. The van der Waals surface area contributed by atoms with Crippen LogP contribution in [0.15, 0.2) is 41.2 Å². The minimum absolute atomic E-state index is 0.0775. The highest BCUT2D eigenvalue weighted by Gasteiger charge is 2.21. The van der Waals surface area contributed by atoms with Gasteiger partial charge in [-0.05, 0) is 83.8 Å². The Morgan fingerprint density at radius 3 is 2.72 bits per heavy atom. The molecule has 0 saturated carbocycles. The molecule has 2 aromatic heterocycles. The van der Waals surface area contributed by atoms with E-state index < -0.39 is 0 Å². The van der Waals surface area contributed by atoms with Crippen LogP contribution in [0.5, 0.6) is 11.5 Å². The normalized spacial score (nSPS) is 15.4. The SMILES string of the molecule is COc1ccc(CCN(Cc2cc3ccc(C)c(C)c3[nH]c2=O)Cc2nnnn2C[C@H]2CCCO2)cc1OC. The smallest absolute Gasteiger partial charge is 0.252 e. The zero-order valence-electron chi connectivity index (χ0n) is 23.1. The molecule has 39 heavy (non-hydrogen) atoms. The summed E-state index contributed by atoms with van der Waals surface area (Å²) in [6.45, 7) is 7.14. The van der Waals surface area contributed by atoms with E-state index in [-0.39, 0.29) is 11.7 Å². The van der Waals surface area contributed by atoms with Crippen molar-refractivity contribution in [3.8, 4) is 11.5 Å². The Morgan fingerprint density at radius 1 is 1.10 bits per heavy atom. The molecule has 10 heteroatoms. The van der Waals surface area contributed by atoms with Crippen LogP contribution in [0.1, 0.15) is 40.9 Å². The second-order valence-electron chi connectivity index (χ2n) is 10.2. The number of fused-ring (bicyclic) bond motifs is 1. The zero-order valence-corrected chi connectivity index (χ0v) is 23.1. The summed E-state index contributed by atoms with van der Waals surface area (Å²) in [5, 5.41) is 13.5. The molecular weight excluding hydrogens is 496 g/mol. The second-order valence-corrected chi connectivity index (χ2v) is 10.2. The maximum absolute atomic E-state index is 13.2. The molecule has 2 aromatic carbocycles. The van der Waals surface area contributed by atoms with Gasteiger partial charge in [-0.1, -0.05) is 18.2 Å². The molecule has 206 valence electrons. The van der Waals surface area contributed by atoms with Gasteiger partial charge in [0, 0.05) is 25.3 Å². The lowest BCUT2D eigenvalue weighted by Gasteiger charge is -2.22. The maximum Gasteiger partial charge on any atom is 0.252 e. The molecule has 0 aliphatic carbocycles. The van der Waals surface area contributed by atoms with E-state index >= 15 is 0 Å². The van der Waals surface area contributed by atoms with E-state index in [1.54, 1.807) is 14.2 Å². The van der Waals surface area contributed by atoms with E-state index in [2.05, 4.69) is 44.5 Å². The minimum atomic E-state index is -0.0775. The fourth-order valence-electron chi connectivity index (χ4n) is 5.13. The predicted octanol–water partition coefficient (Wildman–Crippen LogP) is 3.57. The molecule has 0 radical (unpaired) electrons. The summed E-state index contributed by atoms with van der Waals surface area (Å²) in [5.41, 5.74) is 4.87. The fraction of sp³-hybridized carbons (Fsp3) is 0.448. The van der Waals surface area contributed by atoms with E-state index in [4.69, 9.17) is 14.2 Å². The molecule has 1 aliphatic heterocycles. The number of ether oxygens (including phenoxy) is 3. The van der Waals surface area contributed by atoms with Gasteiger partial charge in [-0.2, -0.15) is 0 Å². The summed E-state index contributed by atoms with van der Waals surface area (Å²) in [6, 6.07) is 12.1. The number of aryl methyl sites for hydroxylation is 2. The van der Waals surface area contributed by atoms with Crippen molar-refractivity contribution >= 4 is 10.9 Å². The lowest BCUT2D eigenvalue weighted by Crippen LogP contribution is -2.30. The van der Waals surface area contributed by atoms with Crippen LogP contribution in [0.25, 0.3) is 10.9 Å². The number of aromatic nitrogens is 5.